The number of benzene rings is 1. The zero-order valence-electron chi connectivity index (χ0n) is 12.0. The SMILES string of the molecule is Cc1ccc(C)c(CC(CSCC(C)C)NN)c1. The van der Waals surface area contributed by atoms with Gasteiger partial charge in [-0.2, -0.15) is 11.8 Å². The van der Waals surface area contributed by atoms with Gasteiger partial charge in [0, 0.05) is 11.8 Å². The molecule has 1 rings (SSSR count). The maximum atomic E-state index is 5.66. The van der Waals surface area contributed by atoms with Gasteiger partial charge in [-0.3, -0.25) is 11.3 Å². The molecule has 0 saturated heterocycles. The van der Waals surface area contributed by atoms with Crippen molar-refractivity contribution >= 4 is 11.8 Å². The van der Waals surface area contributed by atoms with Crippen molar-refractivity contribution in [2.75, 3.05) is 11.5 Å². The van der Waals surface area contributed by atoms with Crippen molar-refractivity contribution in [2.45, 2.75) is 40.2 Å². The fourth-order valence-corrected chi connectivity index (χ4v) is 3.00. The quantitative estimate of drug-likeness (QED) is 0.588. The van der Waals surface area contributed by atoms with Gasteiger partial charge in [0.25, 0.3) is 0 Å². The minimum atomic E-state index is 0.356. The predicted octanol–water partition coefficient (Wildman–Crippen LogP) is 3.07. The third-order valence-corrected chi connectivity index (χ3v) is 4.52. The van der Waals surface area contributed by atoms with Crippen molar-refractivity contribution in [1.29, 1.82) is 0 Å². The summed E-state index contributed by atoms with van der Waals surface area (Å²) in [6, 6.07) is 6.98. The Morgan fingerprint density at radius 1 is 1.22 bits per heavy atom. The van der Waals surface area contributed by atoms with E-state index in [2.05, 4.69) is 51.3 Å². The number of nitrogens with one attached hydrogen (secondary N) is 1. The molecule has 1 unspecified atom stereocenters. The highest BCUT2D eigenvalue weighted by Gasteiger charge is 2.10. The highest BCUT2D eigenvalue weighted by molar-refractivity contribution is 7.99. The molecule has 1 atom stereocenters. The van der Waals surface area contributed by atoms with Gasteiger partial charge in [0.1, 0.15) is 0 Å². The molecule has 0 aromatic heterocycles. The Morgan fingerprint density at radius 3 is 2.56 bits per heavy atom. The van der Waals surface area contributed by atoms with Gasteiger partial charge < -0.3 is 0 Å². The van der Waals surface area contributed by atoms with Gasteiger partial charge >= 0.3 is 0 Å². The summed E-state index contributed by atoms with van der Waals surface area (Å²) >= 11 is 1.98. The van der Waals surface area contributed by atoms with Crippen LogP contribution < -0.4 is 11.3 Å². The highest BCUT2D eigenvalue weighted by atomic mass is 32.2. The van der Waals surface area contributed by atoms with Crippen molar-refractivity contribution in [3.63, 3.8) is 0 Å². The number of hydrazine groups is 1. The lowest BCUT2D eigenvalue weighted by Crippen LogP contribution is -2.39. The summed E-state index contributed by atoms with van der Waals surface area (Å²) < 4.78 is 0. The first kappa shape index (κ1) is 15.5. The third-order valence-electron chi connectivity index (χ3n) is 2.98. The van der Waals surface area contributed by atoms with E-state index in [1.807, 2.05) is 11.8 Å². The van der Waals surface area contributed by atoms with Gasteiger partial charge in [-0.05, 0) is 43.1 Å². The molecule has 102 valence electrons. The fourth-order valence-electron chi connectivity index (χ4n) is 1.90. The first-order valence-corrected chi connectivity index (χ1v) is 7.78. The van der Waals surface area contributed by atoms with Crippen LogP contribution in [0.25, 0.3) is 0 Å². The first-order valence-electron chi connectivity index (χ1n) is 6.63. The molecule has 1 aromatic rings. The average molecular weight is 266 g/mol. The second kappa shape index (κ2) is 7.82. The first-order chi connectivity index (χ1) is 8.52. The Labute approximate surface area is 116 Å². The Kier molecular flexibility index (Phi) is 6.76. The molecule has 3 N–H and O–H groups in total. The Hall–Kier alpha value is -0.510. The van der Waals surface area contributed by atoms with E-state index in [0.717, 1.165) is 18.1 Å². The largest absolute Gasteiger partial charge is 0.271 e. The van der Waals surface area contributed by atoms with Crippen molar-refractivity contribution in [3.8, 4) is 0 Å². The van der Waals surface area contributed by atoms with Crippen LogP contribution >= 0.6 is 11.8 Å². The number of aryl methyl sites for hydroxylation is 2. The standard InChI is InChI=1S/C15H26N2S/c1-11(2)9-18-10-15(17-16)8-14-7-12(3)5-6-13(14)4/h5-7,11,15,17H,8-10,16H2,1-4H3. The molecule has 0 spiro atoms. The van der Waals surface area contributed by atoms with Gasteiger partial charge in [-0.25, -0.2) is 0 Å². The van der Waals surface area contributed by atoms with Crippen LogP contribution in [0.3, 0.4) is 0 Å². The van der Waals surface area contributed by atoms with Crippen LogP contribution in [0.4, 0.5) is 0 Å². The molecule has 1 aromatic carbocycles. The van der Waals surface area contributed by atoms with Gasteiger partial charge in [-0.1, -0.05) is 37.6 Å². The van der Waals surface area contributed by atoms with Crippen LogP contribution in [0.15, 0.2) is 18.2 Å². The average Bonchev–Trinajstić information content (AvgIpc) is 2.32. The summed E-state index contributed by atoms with van der Waals surface area (Å²) in [6.07, 6.45) is 1.01. The molecule has 2 nitrogen and oxygen atoms in total. The second-order valence-electron chi connectivity index (χ2n) is 5.43. The van der Waals surface area contributed by atoms with Crippen LogP contribution in [0, 0.1) is 19.8 Å². The normalized spacial score (nSPS) is 13.0. The van der Waals surface area contributed by atoms with Gasteiger partial charge in [-0.15, -0.1) is 0 Å². The summed E-state index contributed by atoms with van der Waals surface area (Å²) in [4.78, 5) is 0. The molecule has 0 bridgehead atoms. The van der Waals surface area contributed by atoms with E-state index >= 15 is 0 Å². The predicted molar refractivity (Wildman–Crippen MR) is 82.9 cm³/mol. The highest BCUT2D eigenvalue weighted by Crippen LogP contribution is 2.16. The number of thioether (sulfide) groups is 1. The molecule has 0 aliphatic carbocycles. The van der Waals surface area contributed by atoms with Crippen LogP contribution in [-0.2, 0) is 6.42 Å². The molecule has 3 heteroatoms. The zero-order chi connectivity index (χ0) is 13.5. The number of rotatable bonds is 7. The van der Waals surface area contributed by atoms with Gasteiger partial charge in [0.2, 0.25) is 0 Å². The topological polar surface area (TPSA) is 38.0 Å². The summed E-state index contributed by atoms with van der Waals surface area (Å²) in [5, 5.41) is 0. The van der Waals surface area contributed by atoms with Crippen LogP contribution in [-0.4, -0.2) is 17.5 Å². The van der Waals surface area contributed by atoms with Crippen LogP contribution in [0.5, 0.6) is 0 Å². The Morgan fingerprint density at radius 2 is 1.94 bits per heavy atom. The van der Waals surface area contributed by atoms with E-state index in [-0.39, 0.29) is 0 Å². The van der Waals surface area contributed by atoms with E-state index in [4.69, 9.17) is 5.84 Å². The fraction of sp³-hybridized carbons (Fsp3) is 0.600. The van der Waals surface area contributed by atoms with Crippen molar-refractivity contribution in [3.05, 3.63) is 34.9 Å². The molecule has 0 fully saturated rings. The lowest BCUT2D eigenvalue weighted by Gasteiger charge is -2.18. The lowest BCUT2D eigenvalue weighted by atomic mass is 10.00. The van der Waals surface area contributed by atoms with E-state index < -0.39 is 0 Å². The Balaban J connectivity index is 2.54. The smallest absolute Gasteiger partial charge is 0.0341 e. The van der Waals surface area contributed by atoms with Gasteiger partial charge in [0.05, 0.1) is 0 Å². The molecule has 0 amide bonds. The monoisotopic (exact) mass is 266 g/mol. The van der Waals surface area contributed by atoms with Crippen molar-refractivity contribution < 1.29 is 0 Å². The molecule has 18 heavy (non-hydrogen) atoms. The zero-order valence-corrected chi connectivity index (χ0v) is 12.8. The van der Waals surface area contributed by atoms with E-state index in [1.165, 1.54) is 22.4 Å². The van der Waals surface area contributed by atoms with Crippen LogP contribution in [0.1, 0.15) is 30.5 Å². The third kappa shape index (κ3) is 5.42. The minimum Gasteiger partial charge on any atom is -0.271 e. The van der Waals surface area contributed by atoms with E-state index in [9.17, 15) is 0 Å². The number of hydrogen-bond acceptors (Lipinski definition) is 3. The number of hydrogen-bond donors (Lipinski definition) is 2. The summed E-state index contributed by atoms with van der Waals surface area (Å²) in [5.74, 6) is 8.68. The molecule has 0 aliphatic rings. The number of nitrogens with two attached hydrogens (primary N) is 1. The van der Waals surface area contributed by atoms with Crippen LogP contribution in [0.2, 0.25) is 0 Å². The molecular formula is C15H26N2S. The van der Waals surface area contributed by atoms with Crippen molar-refractivity contribution in [2.24, 2.45) is 11.8 Å². The molecule has 0 radical (unpaired) electrons. The summed E-state index contributed by atoms with van der Waals surface area (Å²) in [7, 11) is 0. The lowest BCUT2D eigenvalue weighted by molar-refractivity contribution is 0.573. The summed E-state index contributed by atoms with van der Waals surface area (Å²) in [6.45, 7) is 8.82. The molecule has 0 heterocycles. The van der Waals surface area contributed by atoms with Crippen molar-refractivity contribution in [1.82, 2.24) is 5.43 Å². The maximum absolute atomic E-state index is 5.66. The molecule has 0 aliphatic heterocycles. The maximum Gasteiger partial charge on any atom is 0.0341 e. The summed E-state index contributed by atoms with van der Waals surface area (Å²) in [5.41, 5.74) is 7.03. The van der Waals surface area contributed by atoms with E-state index in [1.54, 1.807) is 0 Å². The minimum absolute atomic E-state index is 0.356. The second-order valence-corrected chi connectivity index (χ2v) is 6.50. The molecule has 0 saturated carbocycles. The Bertz CT molecular complexity index is 364. The molecular weight excluding hydrogens is 240 g/mol. The van der Waals surface area contributed by atoms with Gasteiger partial charge in [0.15, 0.2) is 0 Å². The van der Waals surface area contributed by atoms with E-state index in [0.29, 0.717) is 6.04 Å².